The van der Waals surface area contributed by atoms with E-state index in [-0.39, 0.29) is 12.7 Å². The molecular formula is C20H16N2O3. The highest BCUT2D eigenvalue weighted by Crippen LogP contribution is 2.32. The van der Waals surface area contributed by atoms with Crippen molar-refractivity contribution in [3.8, 4) is 11.5 Å². The zero-order valence-corrected chi connectivity index (χ0v) is 13.7. The van der Waals surface area contributed by atoms with Gasteiger partial charge in [0, 0.05) is 5.56 Å². The summed E-state index contributed by atoms with van der Waals surface area (Å²) in [6, 6.07) is 19.3. The third kappa shape index (κ3) is 3.04. The summed E-state index contributed by atoms with van der Waals surface area (Å²) in [5, 5.41) is 6.52. The summed E-state index contributed by atoms with van der Waals surface area (Å²) >= 11 is 0. The van der Waals surface area contributed by atoms with Crippen molar-refractivity contribution in [2.45, 2.75) is 6.92 Å². The van der Waals surface area contributed by atoms with Gasteiger partial charge in [0.2, 0.25) is 6.79 Å². The van der Waals surface area contributed by atoms with Gasteiger partial charge in [0.05, 0.1) is 5.71 Å². The Balaban J connectivity index is 1.52. The molecule has 0 saturated carbocycles. The van der Waals surface area contributed by atoms with Crippen molar-refractivity contribution in [2.75, 3.05) is 6.79 Å². The molecule has 1 amide bonds. The summed E-state index contributed by atoms with van der Waals surface area (Å²) in [5.74, 6) is 0.925. The van der Waals surface area contributed by atoms with Crippen molar-refractivity contribution in [1.29, 1.82) is 0 Å². The molecule has 25 heavy (non-hydrogen) atoms. The Morgan fingerprint density at radius 2 is 1.68 bits per heavy atom. The lowest BCUT2D eigenvalue weighted by atomic mass is 10.0. The number of hydrogen-bond donors (Lipinski definition) is 1. The fraction of sp³-hybridized carbons (Fsp3) is 0.100. The maximum Gasteiger partial charge on any atom is 0.271 e. The number of ether oxygens (including phenoxy) is 2. The van der Waals surface area contributed by atoms with Crippen LogP contribution in [0, 0.1) is 0 Å². The first-order valence-electron chi connectivity index (χ1n) is 7.94. The fourth-order valence-electron chi connectivity index (χ4n) is 2.72. The molecule has 1 aliphatic heterocycles. The van der Waals surface area contributed by atoms with Gasteiger partial charge in [0.25, 0.3) is 5.91 Å². The monoisotopic (exact) mass is 332 g/mol. The Kier molecular flexibility index (Phi) is 3.82. The summed E-state index contributed by atoms with van der Waals surface area (Å²) < 4.78 is 10.5. The van der Waals surface area contributed by atoms with Crippen LogP contribution in [-0.4, -0.2) is 18.4 Å². The highest BCUT2D eigenvalue weighted by atomic mass is 16.7. The highest BCUT2D eigenvalue weighted by Gasteiger charge is 2.16. The number of carbonyl (C=O) groups is 1. The van der Waals surface area contributed by atoms with E-state index in [1.54, 1.807) is 18.2 Å². The number of benzene rings is 3. The van der Waals surface area contributed by atoms with Gasteiger partial charge in [0.1, 0.15) is 0 Å². The summed E-state index contributed by atoms with van der Waals surface area (Å²) in [6.45, 7) is 2.05. The molecule has 0 unspecified atom stereocenters. The van der Waals surface area contributed by atoms with Crippen LogP contribution in [0.15, 0.2) is 65.8 Å². The maximum absolute atomic E-state index is 12.3. The third-order valence-electron chi connectivity index (χ3n) is 4.13. The van der Waals surface area contributed by atoms with Crippen molar-refractivity contribution in [3.05, 3.63) is 71.8 Å². The van der Waals surface area contributed by atoms with Crippen LogP contribution in [-0.2, 0) is 0 Å². The second kappa shape index (κ2) is 6.28. The Morgan fingerprint density at radius 3 is 2.56 bits per heavy atom. The van der Waals surface area contributed by atoms with Gasteiger partial charge in [-0.05, 0) is 47.5 Å². The SMILES string of the molecule is C/C(=N\NC(=O)c1ccc2c(c1)OCO2)c1ccc2ccccc2c1. The second-order valence-corrected chi connectivity index (χ2v) is 5.77. The van der Waals surface area contributed by atoms with E-state index in [0.29, 0.717) is 17.1 Å². The molecule has 1 heterocycles. The minimum atomic E-state index is -0.293. The highest BCUT2D eigenvalue weighted by molar-refractivity contribution is 6.03. The Morgan fingerprint density at radius 1 is 0.920 bits per heavy atom. The number of hydrogen-bond acceptors (Lipinski definition) is 4. The van der Waals surface area contributed by atoms with Gasteiger partial charge in [-0.3, -0.25) is 4.79 Å². The number of rotatable bonds is 3. The van der Waals surface area contributed by atoms with Crippen molar-refractivity contribution in [3.63, 3.8) is 0 Å². The molecule has 0 aliphatic carbocycles. The molecule has 0 atom stereocenters. The molecule has 0 spiro atoms. The van der Waals surface area contributed by atoms with Crippen molar-refractivity contribution >= 4 is 22.4 Å². The molecule has 1 N–H and O–H groups in total. The zero-order valence-electron chi connectivity index (χ0n) is 13.7. The van der Waals surface area contributed by atoms with Crippen molar-refractivity contribution in [2.24, 2.45) is 5.10 Å². The number of carbonyl (C=O) groups excluding carboxylic acids is 1. The Bertz CT molecular complexity index is 995. The van der Waals surface area contributed by atoms with Gasteiger partial charge in [0.15, 0.2) is 11.5 Å². The van der Waals surface area contributed by atoms with Crippen LogP contribution >= 0.6 is 0 Å². The summed E-state index contributed by atoms with van der Waals surface area (Å²) in [6.07, 6.45) is 0. The molecule has 124 valence electrons. The summed E-state index contributed by atoms with van der Waals surface area (Å²) in [7, 11) is 0. The molecule has 4 rings (SSSR count). The van der Waals surface area contributed by atoms with Gasteiger partial charge in [-0.15, -0.1) is 0 Å². The van der Waals surface area contributed by atoms with Gasteiger partial charge in [-0.1, -0.05) is 36.4 Å². The zero-order chi connectivity index (χ0) is 17.2. The second-order valence-electron chi connectivity index (χ2n) is 5.77. The average molecular weight is 332 g/mol. The minimum Gasteiger partial charge on any atom is -0.454 e. The predicted molar refractivity (Wildman–Crippen MR) is 96.2 cm³/mol. The molecule has 3 aromatic carbocycles. The third-order valence-corrected chi connectivity index (χ3v) is 4.13. The molecule has 0 aromatic heterocycles. The van der Waals surface area contributed by atoms with Crippen LogP contribution < -0.4 is 14.9 Å². The van der Waals surface area contributed by atoms with Crippen molar-refractivity contribution in [1.82, 2.24) is 5.43 Å². The van der Waals surface area contributed by atoms with Crippen LogP contribution in [0.25, 0.3) is 10.8 Å². The minimum absolute atomic E-state index is 0.180. The molecule has 0 bridgehead atoms. The van der Waals surface area contributed by atoms with Crippen LogP contribution in [0.3, 0.4) is 0 Å². The number of hydrazone groups is 1. The topological polar surface area (TPSA) is 59.9 Å². The molecule has 0 saturated heterocycles. The number of nitrogens with one attached hydrogen (secondary N) is 1. The van der Waals surface area contributed by atoms with E-state index in [1.807, 2.05) is 31.2 Å². The first-order valence-corrected chi connectivity index (χ1v) is 7.94. The van der Waals surface area contributed by atoms with E-state index in [0.717, 1.165) is 16.7 Å². The molecule has 0 radical (unpaired) electrons. The van der Waals surface area contributed by atoms with E-state index in [9.17, 15) is 4.79 Å². The van der Waals surface area contributed by atoms with Crippen LogP contribution in [0.1, 0.15) is 22.8 Å². The molecule has 5 nitrogen and oxygen atoms in total. The average Bonchev–Trinajstić information content (AvgIpc) is 3.13. The van der Waals surface area contributed by atoms with Crippen LogP contribution in [0.2, 0.25) is 0 Å². The van der Waals surface area contributed by atoms with E-state index in [1.165, 1.54) is 5.39 Å². The van der Waals surface area contributed by atoms with Gasteiger partial charge in [-0.2, -0.15) is 5.10 Å². The quantitative estimate of drug-likeness (QED) is 0.587. The molecule has 1 aliphatic rings. The smallest absolute Gasteiger partial charge is 0.271 e. The summed E-state index contributed by atoms with van der Waals surface area (Å²) in [4.78, 5) is 12.3. The fourth-order valence-corrected chi connectivity index (χ4v) is 2.72. The Labute approximate surface area is 144 Å². The normalized spacial score (nSPS) is 13.1. The Hall–Kier alpha value is -3.34. The first-order chi connectivity index (χ1) is 12.2. The predicted octanol–water partition coefficient (Wildman–Crippen LogP) is 3.72. The lowest BCUT2D eigenvalue weighted by Gasteiger charge is -2.05. The van der Waals surface area contributed by atoms with Crippen molar-refractivity contribution < 1.29 is 14.3 Å². The van der Waals surface area contributed by atoms with Gasteiger partial charge >= 0.3 is 0 Å². The standard InChI is InChI=1S/C20H16N2O3/c1-13(15-7-6-14-4-2-3-5-16(14)10-15)21-22-20(23)17-8-9-18-19(11-17)25-12-24-18/h2-11H,12H2,1H3,(H,22,23)/b21-13+. The number of amides is 1. The molecule has 5 heteroatoms. The maximum atomic E-state index is 12.3. The van der Waals surface area contributed by atoms with Crippen LogP contribution in [0.5, 0.6) is 11.5 Å². The van der Waals surface area contributed by atoms with E-state index >= 15 is 0 Å². The molecule has 3 aromatic rings. The molecule has 0 fully saturated rings. The largest absolute Gasteiger partial charge is 0.454 e. The van der Waals surface area contributed by atoms with Gasteiger partial charge in [-0.25, -0.2) is 5.43 Å². The van der Waals surface area contributed by atoms with Gasteiger partial charge < -0.3 is 9.47 Å². The first kappa shape index (κ1) is 15.2. The summed E-state index contributed by atoms with van der Waals surface area (Å²) in [5.41, 5.74) is 4.76. The van der Waals surface area contributed by atoms with E-state index in [4.69, 9.17) is 9.47 Å². The number of fused-ring (bicyclic) bond motifs is 2. The number of nitrogens with zero attached hydrogens (tertiary/aromatic N) is 1. The van der Waals surface area contributed by atoms with E-state index in [2.05, 4.69) is 28.7 Å². The lowest BCUT2D eigenvalue weighted by molar-refractivity contribution is 0.0954. The molecular weight excluding hydrogens is 316 g/mol. The van der Waals surface area contributed by atoms with E-state index < -0.39 is 0 Å². The van der Waals surface area contributed by atoms with Crippen LogP contribution in [0.4, 0.5) is 0 Å². The lowest BCUT2D eigenvalue weighted by Crippen LogP contribution is -2.19.